The molecule has 3 aromatic carbocycles. The van der Waals surface area contributed by atoms with Gasteiger partial charge < -0.3 is 4.90 Å². The molecule has 0 spiro atoms. The molecule has 0 fully saturated rings. The number of carbonyl (C=O) groups is 3. The first-order valence-corrected chi connectivity index (χ1v) is 9.88. The smallest absolute Gasteiger partial charge is 0.261 e. The van der Waals surface area contributed by atoms with Crippen LogP contribution in [0.5, 0.6) is 0 Å². The lowest BCUT2D eigenvalue weighted by Crippen LogP contribution is -2.37. The van der Waals surface area contributed by atoms with E-state index in [0.717, 1.165) is 16.0 Å². The van der Waals surface area contributed by atoms with Gasteiger partial charge in [0.15, 0.2) is 0 Å². The summed E-state index contributed by atoms with van der Waals surface area (Å²) in [6.45, 7) is 0.0613. The van der Waals surface area contributed by atoms with Gasteiger partial charge in [-0.05, 0) is 23.3 Å². The monoisotopic (exact) mass is 398 g/mol. The highest BCUT2D eigenvalue weighted by atomic mass is 16.2. The minimum atomic E-state index is -0.339. The molecule has 3 amide bonds. The van der Waals surface area contributed by atoms with E-state index < -0.39 is 0 Å². The van der Waals surface area contributed by atoms with Crippen LogP contribution in [-0.4, -0.2) is 41.1 Å². The summed E-state index contributed by atoms with van der Waals surface area (Å²) in [6.07, 6.45) is 0.0676. The molecule has 1 aliphatic heterocycles. The second-order valence-electron chi connectivity index (χ2n) is 7.29. The van der Waals surface area contributed by atoms with Crippen LogP contribution < -0.4 is 0 Å². The van der Waals surface area contributed by atoms with Gasteiger partial charge in [-0.15, -0.1) is 0 Å². The van der Waals surface area contributed by atoms with Gasteiger partial charge in [0.1, 0.15) is 0 Å². The van der Waals surface area contributed by atoms with E-state index in [1.54, 1.807) is 36.2 Å². The molecule has 0 saturated carbocycles. The van der Waals surface area contributed by atoms with Crippen LogP contribution in [0.1, 0.15) is 44.3 Å². The summed E-state index contributed by atoms with van der Waals surface area (Å²) in [6, 6.07) is 26.1. The summed E-state index contributed by atoms with van der Waals surface area (Å²) in [5, 5.41) is 0. The van der Waals surface area contributed by atoms with Crippen molar-refractivity contribution in [1.82, 2.24) is 9.80 Å². The zero-order valence-electron chi connectivity index (χ0n) is 16.7. The fourth-order valence-electron chi connectivity index (χ4n) is 3.88. The third kappa shape index (κ3) is 3.62. The van der Waals surface area contributed by atoms with Crippen molar-refractivity contribution in [1.29, 1.82) is 0 Å². The van der Waals surface area contributed by atoms with Gasteiger partial charge in [-0.1, -0.05) is 72.8 Å². The maximum atomic E-state index is 13.1. The van der Waals surface area contributed by atoms with Crippen LogP contribution in [0.3, 0.4) is 0 Å². The Kier molecular flexibility index (Phi) is 5.44. The zero-order valence-corrected chi connectivity index (χ0v) is 16.7. The summed E-state index contributed by atoms with van der Waals surface area (Å²) in [7, 11) is 1.76. The summed E-state index contributed by atoms with van der Waals surface area (Å²) >= 11 is 0. The van der Waals surface area contributed by atoms with Crippen molar-refractivity contribution < 1.29 is 14.4 Å². The molecular weight excluding hydrogens is 376 g/mol. The fraction of sp³-hybridized carbons (Fsp3) is 0.160. The van der Waals surface area contributed by atoms with E-state index in [-0.39, 0.29) is 36.7 Å². The quantitative estimate of drug-likeness (QED) is 0.592. The molecular formula is C25H22N2O3. The number of carbonyl (C=O) groups excluding carboxylic acids is 3. The number of benzene rings is 3. The number of rotatable bonds is 6. The van der Waals surface area contributed by atoms with Crippen LogP contribution in [0.25, 0.3) is 0 Å². The summed E-state index contributed by atoms with van der Waals surface area (Å²) in [4.78, 5) is 41.0. The number of nitrogens with zero attached hydrogens (tertiary/aromatic N) is 2. The van der Waals surface area contributed by atoms with Crippen LogP contribution in [-0.2, 0) is 4.79 Å². The molecule has 0 aliphatic carbocycles. The van der Waals surface area contributed by atoms with Crippen molar-refractivity contribution in [3.8, 4) is 0 Å². The Bertz CT molecular complexity index is 1010. The molecule has 1 heterocycles. The molecule has 0 aromatic heterocycles. The second-order valence-corrected chi connectivity index (χ2v) is 7.29. The lowest BCUT2D eigenvalue weighted by Gasteiger charge is -2.30. The molecule has 150 valence electrons. The standard InChI is InChI=1S/C25H22N2O3/c1-26(23(18-10-4-2-5-11-18)19-12-6-3-7-13-19)22(28)16-17-27-24(29)20-14-8-9-15-21(20)25(27)30/h2-15,23H,16-17H2,1H3. The topological polar surface area (TPSA) is 57.7 Å². The van der Waals surface area contributed by atoms with Crippen LogP contribution >= 0.6 is 0 Å². The van der Waals surface area contributed by atoms with E-state index >= 15 is 0 Å². The van der Waals surface area contributed by atoms with Gasteiger partial charge in [-0.3, -0.25) is 19.3 Å². The molecule has 0 atom stereocenters. The normalized spacial score (nSPS) is 12.9. The van der Waals surface area contributed by atoms with Crippen LogP contribution in [0.15, 0.2) is 84.9 Å². The van der Waals surface area contributed by atoms with Gasteiger partial charge in [0, 0.05) is 20.0 Å². The van der Waals surface area contributed by atoms with E-state index in [2.05, 4.69) is 0 Å². The summed E-state index contributed by atoms with van der Waals surface area (Å²) in [5.74, 6) is -0.813. The maximum Gasteiger partial charge on any atom is 0.261 e. The summed E-state index contributed by atoms with van der Waals surface area (Å²) in [5.41, 5.74) is 2.80. The van der Waals surface area contributed by atoms with Crippen LogP contribution in [0.2, 0.25) is 0 Å². The number of amides is 3. The Labute approximate surface area is 175 Å². The first-order valence-electron chi connectivity index (χ1n) is 9.88. The zero-order chi connectivity index (χ0) is 21.1. The fourth-order valence-corrected chi connectivity index (χ4v) is 3.88. The van der Waals surface area contributed by atoms with Gasteiger partial charge in [0.05, 0.1) is 17.2 Å². The Morgan fingerprint density at radius 1 is 0.767 bits per heavy atom. The molecule has 0 saturated heterocycles. The molecule has 3 aromatic rings. The molecule has 4 rings (SSSR count). The van der Waals surface area contributed by atoms with Crippen LogP contribution in [0, 0.1) is 0 Å². The third-order valence-corrected chi connectivity index (χ3v) is 5.44. The first kappa shape index (κ1) is 19.6. The first-order chi connectivity index (χ1) is 14.6. The molecule has 0 radical (unpaired) electrons. The predicted octanol–water partition coefficient (Wildman–Crippen LogP) is 3.92. The molecule has 30 heavy (non-hydrogen) atoms. The number of fused-ring (bicyclic) bond motifs is 1. The lowest BCUT2D eigenvalue weighted by atomic mass is 9.97. The highest BCUT2D eigenvalue weighted by Crippen LogP contribution is 2.28. The second kappa shape index (κ2) is 8.33. The van der Waals surface area contributed by atoms with Crippen molar-refractivity contribution in [3.05, 3.63) is 107 Å². The van der Waals surface area contributed by atoms with Gasteiger partial charge in [0.2, 0.25) is 5.91 Å². The highest BCUT2D eigenvalue weighted by molar-refractivity contribution is 6.21. The minimum absolute atomic E-state index is 0.0613. The lowest BCUT2D eigenvalue weighted by molar-refractivity contribution is -0.131. The van der Waals surface area contributed by atoms with E-state index in [1.807, 2.05) is 60.7 Å². The van der Waals surface area contributed by atoms with Crippen molar-refractivity contribution in [3.63, 3.8) is 0 Å². The molecule has 1 aliphatic rings. The number of imide groups is 1. The van der Waals surface area contributed by atoms with E-state index in [1.165, 1.54) is 0 Å². The molecule has 0 unspecified atom stereocenters. The Morgan fingerprint density at radius 2 is 1.20 bits per heavy atom. The Balaban J connectivity index is 1.51. The maximum absolute atomic E-state index is 13.1. The van der Waals surface area contributed by atoms with Crippen molar-refractivity contribution in [2.75, 3.05) is 13.6 Å². The molecule has 5 heteroatoms. The van der Waals surface area contributed by atoms with Gasteiger partial charge in [-0.2, -0.15) is 0 Å². The molecule has 0 bridgehead atoms. The minimum Gasteiger partial charge on any atom is -0.335 e. The molecule has 5 nitrogen and oxygen atoms in total. The molecule has 0 N–H and O–H groups in total. The van der Waals surface area contributed by atoms with Gasteiger partial charge in [-0.25, -0.2) is 0 Å². The van der Waals surface area contributed by atoms with Gasteiger partial charge in [0.25, 0.3) is 11.8 Å². The average Bonchev–Trinajstić information content (AvgIpc) is 3.03. The van der Waals surface area contributed by atoms with Crippen LogP contribution in [0.4, 0.5) is 0 Å². The predicted molar refractivity (Wildman–Crippen MR) is 114 cm³/mol. The largest absolute Gasteiger partial charge is 0.335 e. The Morgan fingerprint density at radius 3 is 1.67 bits per heavy atom. The highest BCUT2D eigenvalue weighted by Gasteiger charge is 2.35. The number of hydrogen-bond acceptors (Lipinski definition) is 3. The SMILES string of the molecule is CN(C(=O)CCN1C(=O)c2ccccc2C1=O)C(c1ccccc1)c1ccccc1. The third-order valence-electron chi connectivity index (χ3n) is 5.44. The van der Waals surface area contributed by atoms with E-state index in [0.29, 0.717) is 11.1 Å². The van der Waals surface area contributed by atoms with Crippen molar-refractivity contribution in [2.24, 2.45) is 0 Å². The van der Waals surface area contributed by atoms with Crippen molar-refractivity contribution in [2.45, 2.75) is 12.5 Å². The van der Waals surface area contributed by atoms with E-state index in [4.69, 9.17) is 0 Å². The number of hydrogen-bond donors (Lipinski definition) is 0. The van der Waals surface area contributed by atoms with Crippen molar-refractivity contribution >= 4 is 17.7 Å². The average molecular weight is 398 g/mol. The summed E-state index contributed by atoms with van der Waals surface area (Å²) < 4.78 is 0. The van der Waals surface area contributed by atoms with Gasteiger partial charge >= 0.3 is 0 Å². The Hall–Kier alpha value is -3.73. The van der Waals surface area contributed by atoms with E-state index in [9.17, 15) is 14.4 Å².